The molecule has 40 heavy (non-hydrogen) atoms. The quantitative estimate of drug-likeness (QED) is 0.155. The van der Waals surface area contributed by atoms with Crippen molar-refractivity contribution in [2.75, 3.05) is 19.6 Å². The van der Waals surface area contributed by atoms with Gasteiger partial charge in [-0.05, 0) is 95.4 Å². The molecule has 3 atom stereocenters. The zero-order valence-corrected chi connectivity index (χ0v) is 24.2. The number of ether oxygens (including phenoxy) is 1. The number of piperidine rings is 2. The molecule has 1 unspecified atom stereocenters. The van der Waals surface area contributed by atoms with Gasteiger partial charge < -0.3 is 14.2 Å². The molecule has 7 heteroatoms. The number of benzene rings is 2. The first kappa shape index (κ1) is 26.8. The fourth-order valence-corrected chi connectivity index (χ4v) is 7.81. The van der Waals surface area contributed by atoms with Gasteiger partial charge in [-0.15, -0.1) is 4.95 Å². The summed E-state index contributed by atoms with van der Waals surface area (Å²) in [6, 6.07) is 22.1. The van der Waals surface area contributed by atoms with E-state index in [9.17, 15) is 0 Å². The third-order valence-corrected chi connectivity index (χ3v) is 9.70. The van der Waals surface area contributed by atoms with Gasteiger partial charge in [0.05, 0.1) is 17.1 Å². The number of imidazole rings is 1. The Morgan fingerprint density at radius 1 is 1.02 bits per heavy atom. The summed E-state index contributed by atoms with van der Waals surface area (Å²) >= 11 is 0. The number of rotatable bonds is 6. The highest BCUT2D eigenvalue weighted by Gasteiger charge is 2.44. The molecule has 0 radical (unpaired) electrons. The Hall–Kier alpha value is -3.37. The molecule has 3 saturated heterocycles. The molecule has 2 bridgehead atoms. The molecule has 3 fully saturated rings. The molecule has 0 spiro atoms. The number of para-hydroxylation sites is 2. The van der Waals surface area contributed by atoms with Gasteiger partial charge in [0.25, 0.3) is 0 Å². The van der Waals surface area contributed by atoms with Crippen molar-refractivity contribution in [3.8, 4) is 0 Å². The molecule has 0 amide bonds. The lowest BCUT2D eigenvalue weighted by Gasteiger charge is -2.45. The summed E-state index contributed by atoms with van der Waals surface area (Å²) < 4.78 is 8.45. The van der Waals surface area contributed by atoms with Gasteiger partial charge in [-0.25, -0.2) is 4.98 Å². The number of aryl methyl sites for hydroxylation is 1. The summed E-state index contributed by atoms with van der Waals surface area (Å²) in [6.07, 6.45) is 8.30. The summed E-state index contributed by atoms with van der Waals surface area (Å²) in [7, 11) is 0. The van der Waals surface area contributed by atoms with Gasteiger partial charge in [-0.2, -0.15) is 6.57 Å². The van der Waals surface area contributed by atoms with E-state index < -0.39 is 0 Å². The SMILES string of the molecule is [C-]#[N+]N=C(OC(C)C)N1CCC(CCN2[C@@H]3CC[C@H]2CC(n2c(C)nc4ccccc42)C3)(c2ccccc2)CC1. The third kappa shape index (κ3) is 5.10. The zero-order valence-electron chi connectivity index (χ0n) is 24.2. The third-order valence-electron chi connectivity index (χ3n) is 9.70. The Morgan fingerprint density at radius 3 is 2.38 bits per heavy atom. The number of aromatic nitrogens is 2. The van der Waals surface area contributed by atoms with Crippen molar-refractivity contribution in [3.05, 3.63) is 77.5 Å². The predicted octanol–water partition coefficient (Wildman–Crippen LogP) is 6.55. The minimum absolute atomic E-state index is 0.00353. The van der Waals surface area contributed by atoms with Crippen molar-refractivity contribution in [3.63, 3.8) is 0 Å². The summed E-state index contributed by atoms with van der Waals surface area (Å²) in [4.78, 5) is 13.2. The number of fused-ring (bicyclic) bond motifs is 3. The van der Waals surface area contributed by atoms with Crippen molar-refractivity contribution < 1.29 is 4.74 Å². The van der Waals surface area contributed by atoms with Crippen LogP contribution >= 0.6 is 0 Å². The van der Waals surface area contributed by atoms with Crippen molar-refractivity contribution in [2.45, 2.75) is 95.4 Å². The number of nitrogens with zero attached hydrogens (tertiary/aromatic N) is 6. The van der Waals surface area contributed by atoms with Crippen LogP contribution in [-0.4, -0.2) is 63.2 Å². The number of hydrogen-bond donors (Lipinski definition) is 0. The van der Waals surface area contributed by atoms with E-state index in [0.29, 0.717) is 24.1 Å². The average molecular weight is 539 g/mol. The molecule has 0 saturated carbocycles. The van der Waals surface area contributed by atoms with Gasteiger partial charge in [0.15, 0.2) is 0 Å². The fraction of sp³-hybridized carbons (Fsp3) is 0.545. The maximum atomic E-state index is 7.26. The van der Waals surface area contributed by atoms with Crippen molar-refractivity contribution in [1.82, 2.24) is 19.4 Å². The van der Waals surface area contributed by atoms with E-state index in [1.165, 1.54) is 36.8 Å². The Balaban J connectivity index is 1.17. The van der Waals surface area contributed by atoms with Crippen LogP contribution in [0.5, 0.6) is 0 Å². The van der Waals surface area contributed by atoms with Gasteiger partial charge >= 0.3 is 6.02 Å². The Bertz CT molecular complexity index is 1370. The summed E-state index contributed by atoms with van der Waals surface area (Å²) in [5.41, 5.74) is 3.99. The van der Waals surface area contributed by atoms with E-state index in [2.05, 4.69) is 85.9 Å². The first-order valence-corrected chi connectivity index (χ1v) is 15.1. The van der Waals surface area contributed by atoms with Gasteiger partial charge in [0, 0.05) is 31.2 Å². The van der Waals surface area contributed by atoms with E-state index in [1.54, 1.807) is 0 Å². The topological polar surface area (TPSA) is 50.2 Å². The van der Waals surface area contributed by atoms with E-state index in [4.69, 9.17) is 16.3 Å². The molecule has 3 aliphatic heterocycles. The van der Waals surface area contributed by atoms with Crippen LogP contribution in [0.25, 0.3) is 16.0 Å². The highest BCUT2D eigenvalue weighted by Crippen LogP contribution is 2.45. The van der Waals surface area contributed by atoms with Crippen molar-refractivity contribution >= 4 is 17.1 Å². The second kappa shape index (κ2) is 11.2. The highest BCUT2D eigenvalue weighted by molar-refractivity contribution is 5.76. The van der Waals surface area contributed by atoms with Crippen LogP contribution in [0.2, 0.25) is 0 Å². The lowest BCUT2D eigenvalue weighted by Crippen LogP contribution is -2.49. The maximum absolute atomic E-state index is 7.26. The largest absolute Gasteiger partial charge is 0.458 e. The summed E-state index contributed by atoms with van der Waals surface area (Å²) in [5, 5.41) is 4.01. The van der Waals surface area contributed by atoms with E-state index >= 15 is 0 Å². The molecule has 0 aliphatic carbocycles. The van der Waals surface area contributed by atoms with Crippen LogP contribution < -0.4 is 0 Å². The molecule has 210 valence electrons. The Morgan fingerprint density at radius 2 is 1.70 bits per heavy atom. The zero-order chi connectivity index (χ0) is 27.7. The molecule has 2 aromatic carbocycles. The van der Waals surface area contributed by atoms with Gasteiger partial charge in [-0.1, -0.05) is 42.5 Å². The van der Waals surface area contributed by atoms with Crippen molar-refractivity contribution in [1.29, 1.82) is 0 Å². The summed E-state index contributed by atoms with van der Waals surface area (Å²) in [6.45, 7) is 16.3. The normalized spacial score (nSPS) is 24.9. The van der Waals surface area contributed by atoms with E-state index in [1.807, 2.05) is 13.8 Å². The minimum Gasteiger partial charge on any atom is -0.458 e. The van der Waals surface area contributed by atoms with Crippen LogP contribution in [0.15, 0.2) is 59.7 Å². The van der Waals surface area contributed by atoms with Gasteiger partial charge in [0.2, 0.25) is 0 Å². The average Bonchev–Trinajstić information content (AvgIpc) is 3.42. The van der Waals surface area contributed by atoms with Crippen LogP contribution in [0.1, 0.15) is 76.2 Å². The molecule has 4 heterocycles. The molecular formula is C33H42N6O. The molecule has 0 N–H and O–H groups in total. The lowest BCUT2D eigenvalue weighted by molar-refractivity contribution is 0.0848. The van der Waals surface area contributed by atoms with Gasteiger partial charge in [-0.3, -0.25) is 4.90 Å². The molecule has 1 aromatic heterocycles. The monoisotopic (exact) mass is 538 g/mol. The Labute approximate surface area is 238 Å². The molecule has 6 rings (SSSR count). The van der Waals surface area contributed by atoms with E-state index in [0.717, 1.165) is 50.2 Å². The van der Waals surface area contributed by atoms with Gasteiger partial charge in [0.1, 0.15) is 10.9 Å². The maximum Gasteiger partial charge on any atom is 0.371 e. The predicted molar refractivity (Wildman–Crippen MR) is 160 cm³/mol. The highest BCUT2D eigenvalue weighted by atomic mass is 16.5. The first-order chi connectivity index (χ1) is 19.5. The molecule has 3 aromatic rings. The van der Waals surface area contributed by atoms with Crippen LogP contribution in [0.4, 0.5) is 0 Å². The molecule has 3 aliphatic rings. The number of amidine groups is 1. The Kier molecular flexibility index (Phi) is 7.55. The minimum atomic E-state index is 0.00353. The first-order valence-electron chi connectivity index (χ1n) is 15.1. The summed E-state index contributed by atoms with van der Waals surface area (Å²) in [5.74, 6) is 1.15. The molecular weight excluding hydrogens is 496 g/mol. The lowest BCUT2D eigenvalue weighted by atomic mass is 9.70. The van der Waals surface area contributed by atoms with Crippen LogP contribution in [0.3, 0.4) is 0 Å². The second-order valence-electron chi connectivity index (χ2n) is 12.3. The molecule has 7 nitrogen and oxygen atoms in total. The smallest absolute Gasteiger partial charge is 0.371 e. The number of likely N-dealkylation sites (tertiary alicyclic amines) is 1. The van der Waals surface area contributed by atoms with Crippen LogP contribution in [-0.2, 0) is 10.2 Å². The fourth-order valence-electron chi connectivity index (χ4n) is 7.81. The standard InChI is InChI=1S/C33H42N6O/c1-24(2)40-32(36-34-4)37-19-16-33(17-20-37,26-10-6-5-7-11-26)18-21-38-27-14-15-28(38)23-29(22-27)39-25(3)35-30-12-8-9-13-31(30)39/h5-13,24,27-29H,14-23H2,1-3H3/t27-,28+,29?. The van der Waals surface area contributed by atoms with Crippen molar-refractivity contribution in [2.24, 2.45) is 5.10 Å². The number of hydrogen-bond acceptors (Lipinski definition) is 4. The second-order valence-corrected chi connectivity index (χ2v) is 12.3. The van der Waals surface area contributed by atoms with Crippen LogP contribution in [0, 0.1) is 13.5 Å². The van der Waals surface area contributed by atoms with E-state index in [-0.39, 0.29) is 11.5 Å².